The van der Waals surface area contributed by atoms with Crippen LogP contribution >= 0.6 is 0 Å². The normalized spacial score (nSPS) is 14.3. The molecule has 0 aromatic carbocycles. The molecule has 0 saturated carbocycles. The molecule has 1 saturated heterocycles. The highest BCUT2D eigenvalue weighted by Crippen LogP contribution is 2.36. The number of H-pyrrole nitrogens is 1. The van der Waals surface area contributed by atoms with Crippen molar-refractivity contribution in [2.45, 2.75) is 19.1 Å². The lowest BCUT2D eigenvalue weighted by molar-refractivity contribution is -0.137. The number of ether oxygens (including phenoxy) is 1. The van der Waals surface area contributed by atoms with E-state index >= 15 is 0 Å². The summed E-state index contributed by atoms with van der Waals surface area (Å²) in [5.74, 6) is 1.19. The van der Waals surface area contributed by atoms with E-state index in [0.717, 1.165) is 12.3 Å². The van der Waals surface area contributed by atoms with Gasteiger partial charge in [-0.05, 0) is 19.1 Å². The van der Waals surface area contributed by atoms with Crippen LogP contribution in [0.5, 0.6) is 0 Å². The molecule has 1 fully saturated rings. The summed E-state index contributed by atoms with van der Waals surface area (Å²) in [7, 11) is 1.30. The van der Waals surface area contributed by atoms with Crippen LogP contribution in [0, 0.1) is 6.92 Å². The quantitative estimate of drug-likeness (QED) is 0.463. The number of alkyl carbamates (subject to hydrolysis) is 1. The number of methoxy groups -OCH3 is 1. The highest BCUT2D eigenvalue weighted by molar-refractivity contribution is 5.91. The van der Waals surface area contributed by atoms with Gasteiger partial charge in [-0.15, -0.1) is 0 Å². The molecular formula is C20H18F3N9O2. The second-order valence-electron chi connectivity index (χ2n) is 7.68. The van der Waals surface area contributed by atoms with E-state index in [-0.39, 0.29) is 11.7 Å². The number of pyridine rings is 1. The van der Waals surface area contributed by atoms with Gasteiger partial charge in [0.1, 0.15) is 23.4 Å². The molecule has 4 aromatic rings. The van der Waals surface area contributed by atoms with Crippen molar-refractivity contribution in [3.05, 3.63) is 42.2 Å². The second-order valence-corrected chi connectivity index (χ2v) is 7.68. The molecule has 5 heterocycles. The van der Waals surface area contributed by atoms with Crippen molar-refractivity contribution < 1.29 is 22.7 Å². The summed E-state index contributed by atoms with van der Waals surface area (Å²) in [6.07, 6.45) is -1.27. The first kappa shape index (κ1) is 21.6. The Labute approximate surface area is 190 Å². The van der Waals surface area contributed by atoms with E-state index < -0.39 is 17.8 Å². The third-order valence-electron chi connectivity index (χ3n) is 5.51. The highest BCUT2D eigenvalue weighted by atomic mass is 19.4. The van der Waals surface area contributed by atoms with E-state index in [9.17, 15) is 18.0 Å². The fraction of sp³-hybridized carbons (Fsp3) is 0.300. The summed E-state index contributed by atoms with van der Waals surface area (Å²) in [4.78, 5) is 26.4. The Kier molecular flexibility index (Phi) is 5.06. The van der Waals surface area contributed by atoms with Gasteiger partial charge in [0.05, 0.1) is 36.3 Å². The van der Waals surface area contributed by atoms with Crippen molar-refractivity contribution in [1.29, 1.82) is 0 Å². The first-order valence-electron chi connectivity index (χ1n) is 10.1. The average Bonchev–Trinajstić information content (AvgIpc) is 3.40. The number of rotatable bonds is 4. The van der Waals surface area contributed by atoms with Gasteiger partial charge in [-0.2, -0.15) is 23.4 Å². The molecule has 1 amide bonds. The number of anilines is 1. The zero-order valence-electron chi connectivity index (χ0n) is 18.0. The number of imidazole rings is 1. The van der Waals surface area contributed by atoms with Crippen LogP contribution in [0.1, 0.15) is 11.4 Å². The van der Waals surface area contributed by atoms with Crippen LogP contribution in [0.2, 0.25) is 0 Å². The molecule has 0 radical (unpaired) electrons. The van der Waals surface area contributed by atoms with Crippen LogP contribution in [0.25, 0.3) is 28.2 Å². The number of aromatic nitrogens is 7. The highest BCUT2D eigenvalue weighted by Gasteiger charge is 2.33. The maximum atomic E-state index is 12.9. The van der Waals surface area contributed by atoms with Crippen LogP contribution < -0.4 is 10.2 Å². The van der Waals surface area contributed by atoms with Crippen LogP contribution in [-0.2, 0) is 10.9 Å². The molecule has 4 aromatic heterocycles. The fourth-order valence-electron chi connectivity index (χ4n) is 3.82. The molecule has 0 spiro atoms. The van der Waals surface area contributed by atoms with Gasteiger partial charge >= 0.3 is 12.3 Å². The first-order chi connectivity index (χ1) is 16.3. The molecule has 11 nitrogen and oxygen atoms in total. The molecular weight excluding hydrogens is 455 g/mol. The minimum Gasteiger partial charge on any atom is -0.453 e. The van der Waals surface area contributed by atoms with E-state index in [1.165, 1.54) is 25.7 Å². The lowest BCUT2D eigenvalue weighted by atomic mass is 10.1. The molecule has 0 atom stereocenters. The molecule has 34 heavy (non-hydrogen) atoms. The molecule has 14 heteroatoms. The van der Waals surface area contributed by atoms with Gasteiger partial charge in [0.2, 0.25) is 0 Å². The molecule has 1 aliphatic heterocycles. The van der Waals surface area contributed by atoms with Crippen molar-refractivity contribution in [1.82, 2.24) is 40.1 Å². The second kappa shape index (κ2) is 7.97. The SMILES string of the molecule is COC(=O)NC1CN(c2ncnn3c(C)nc(-c4cn[nH]c4-c4ccc(C(F)(F)F)cn4)c23)C1. The molecule has 0 aliphatic carbocycles. The number of amides is 1. The Bertz CT molecular complexity index is 1360. The molecule has 2 N–H and O–H groups in total. The Hall–Kier alpha value is -4.23. The number of halogens is 3. The number of nitrogens with one attached hydrogen (secondary N) is 2. The zero-order chi connectivity index (χ0) is 24.0. The van der Waals surface area contributed by atoms with E-state index in [1.807, 2.05) is 4.90 Å². The standard InChI is InChI=1S/C20H18F3N9O2/c1-10-28-16(13-6-26-30-15(13)14-4-3-11(5-24-14)20(21,22)23)17-18(25-9-27-32(10)17)31-7-12(8-31)29-19(33)34-2/h3-6,9,12H,7-8H2,1-2H3,(H,26,30)(H,29,33). The summed E-state index contributed by atoms with van der Waals surface area (Å²) in [6, 6.07) is 2.14. The summed E-state index contributed by atoms with van der Waals surface area (Å²) in [6.45, 7) is 2.79. The predicted molar refractivity (Wildman–Crippen MR) is 113 cm³/mol. The van der Waals surface area contributed by atoms with Crippen molar-refractivity contribution in [3.63, 3.8) is 0 Å². The average molecular weight is 473 g/mol. The van der Waals surface area contributed by atoms with Crippen LogP contribution in [-0.4, -0.2) is 67.1 Å². The lowest BCUT2D eigenvalue weighted by Gasteiger charge is -2.40. The Balaban J connectivity index is 1.53. The van der Waals surface area contributed by atoms with E-state index in [1.54, 1.807) is 11.4 Å². The van der Waals surface area contributed by atoms with Crippen molar-refractivity contribution in [3.8, 4) is 22.6 Å². The van der Waals surface area contributed by atoms with Crippen LogP contribution in [0.3, 0.4) is 0 Å². The third kappa shape index (κ3) is 3.66. The molecule has 0 bridgehead atoms. The van der Waals surface area contributed by atoms with Gasteiger partial charge in [-0.25, -0.2) is 19.3 Å². The minimum absolute atomic E-state index is 0.101. The van der Waals surface area contributed by atoms with Gasteiger partial charge in [0, 0.05) is 24.8 Å². The van der Waals surface area contributed by atoms with E-state index in [0.29, 0.717) is 47.2 Å². The summed E-state index contributed by atoms with van der Waals surface area (Å²) in [5, 5.41) is 13.9. The predicted octanol–water partition coefficient (Wildman–Crippen LogP) is 2.45. The maximum Gasteiger partial charge on any atom is 0.417 e. The van der Waals surface area contributed by atoms with Gasteiger partial charge < -0.3 is 15.0 Å². The number of hydrogen-bond donors (Lipinski definition) is 2. The number of fused-ring (bicyclic) bond motifs is 1. The Morgan fingerprint density at radius 1 is 1.24 bits per heavy atom. The summed E-state index contributed by atoms with van der Waals surface area (Å²) in [5.41, 5.74) is 1.50. The third-order valence-corrected chi connectivity index (χ3v) is 5.51. The molecule has 0 unspecified atom stereocenters. The zero-order valence-corrected chi connectivity index (χ0v) is 18.0. The summed E-state index contributed by atoms with van der Waals surface area (Å²) >= 11 is 0. The van der Waals surface area contributed by atoms with Gasteiger partial charge in [-0.3, -0.25) is 10.1 Å². The van der Waals surface area contributed by atoms with Gasteiger partial charge in [0.15, 0.2) is 5.82 Å². The number of nitrogens with zero attached hydrogens (tertiary/aromatic N) is 7. The number of hydrogen-bond acceptors (Lipinski definition) is 8. The number of aryl methyl sites for hydroxylation is 1. The Morgan fingerprint density at radius 3 is 2.71 bits per heavy atom. The van der Waals surface area contributed by atoms with E-state index in [2.05, 4.69) is 40.3 Å². The minimum atomic E-state index is -4.48. The summed E-state index contributed by atoms with van der Waals surface area (Å²) < 4.78 is 45.1. The van der Waals surface area contributed by atoms with Crippen molar-refractivity contribution in [2.75, 3.05) is 25.1 Å². The smallest absolute Gasteiger partial charge is 0.417 e. The largest absolute Gasteiger partial charge is 0.453 e. The number of aromatic amines is 1. The van der Waals surface area contributed by atoms with Crippen molar-refractivity contribution >= 4 is 17.4 Å². The maximum absolute atomic E-state index is 12.9. The van der Waals surface area contributed by atoms with Gasteiger partial charge in [0.25, 0.3) is 0 Å². The molecule has 5 rings (SSSR count). The van der Waals surface area contributed by atoms with Gasteiger partial charge in [-0.1, -0.05) is 0 Å². The molecule has 176 valence electrons. The van der Waals surface area contributed by atoms with Crippen LogP contribution in [0.4, 0.5) is 23.8 Å². The van der Waals surface area contributed by atoms with E-state index in [4.69, 9.17) is 0 Å². The lowest BCUT2D eigenvalue weighted by Crippen LogP contribution is -2.59. The molecule has 1 aliphatic rings. The monoisotopic (exact) mass is 473 g/mol. The first-order valence-corrected chi connectivity index (χ1v) is 10.1. The van der Waals surface area contributed by atoms with Crippen LogP contribution in [0.15, 0.2) is 30.9 Å². The number of alkyl halides is 3. The topological polar surface area (TPSA) is 126 Å². The number of carbonyl (C=O) groups is 1. The Morgan fingerprint density at radius 2 is 2.03 bits per heavy atom. The number of carbonyl (C=O) groups excluding carboxylic acids is 1. The fourth-order valence-corrected chi connectivity index (χ4v) is 3.82. The van der Waals surface area contributed by atoms with Crippen molar-refractivity contribution in [2.24, 2.45) is 0 Å².